The van der Waals surface area contributed by atoms with Crippen molar-refractivity contribution in [1.82, 2.24) is 0 Å². The van der Waals surface area contributed by atoms with E-state index in [2.05, 4.69) is 0 Å². The molecule has 0 spiro atoms. The van der Waals surface area contributed by atoms with Gasteiger partial charge in [-0.1, -0.05) is 12.1 Å². The van der Waals surface area contributed by atoms with Gasteiger partial charge in [-0.3, -0.25) is 0 Å². The lowest BCUT2D eigenvalue weighted by Gasteiger charge is -2.17. The zero-order valence-electron chi connectivity index (χ0n) is 12.0. The van der Waals surface area contributed by atoms with Gasteiger partial charge in [0.05, 0.1) is 25.3 Å². The molecule has 0 saturated heterocycles. The second-order valence-electron chi connectivity index (χ2n) is 4.62. The van der Waals surface area contributed by atoms with Crippen LogP contribution in [0.25, 0.3) is 11.1 Å². The number of rotatable bonds is 3. The Morgan fingerprint density at radius 1 is 0.700 bits per heavy atom. The van der Waals surface area contributed by atoms with Gasteiger partial charge in [-0.2, -0.15) is 0 Å². The molecule has 0 atom stereocenters. The maximum Gasteiger partial charge on any atom is 0.130 e. The lowest BCUT2D eigenvalue weighted by molar-refractivity contribution is 0.399. The highest BCUT2D eigenvalue weighted by Crippen LogP contribution is 2.48. The fraction of sp³-hybridized carbons (Fsp3) is 0.250. The average Bonchev–Trinajstić information content (AvgIpc) is 2.45. The first-order chi connectivity index (χ1) is 9.51. The first-order valence-corrected chi connectivity index (χ1v) is 6.24. The van der Waals surface area contributed by atoms with Crippen LogP contribution in [0.1, 0.15) is 11.1 Å². The number of phenols is 2. The van der Waals surface area contributed by atoms with Gasteiger partial charge in [0.2, 0.25) is 0 Å². The molecule has 0 aliphatic rings. The fourth-order valence-electron chi connectivity index (χ4n) is 2.18. The smallest absolute Gasteiger partial charge is 0.130 e. The summed E-state index contributed by atoms with van der Waals surface area (Å²) in [6.07, 6.45) is 0. The molecule has 2 N–H and O–H groups in total. The van der Waals surface area contributed by atoms with E-state index >= 15 is 0 Å². The predicted molar refractivity (Wildman–Crippen MR) is 77.8 cm³/mol. The van der Waals surface area contributed by atoms with Gasteiger partial charge in [0.25, 0.3) is 0 Å². The number of ether oxygens (including phenoxy) is 2. The van der Waals surface area contributed by atoms with E-state index in [-0.39, 0.29) is 11.5 Å². The number of aryl methyl sites for hydroxylation is 2. The summed E-state index contributed by atoms with van der Waals surface area (Å²) in [4.78, 5) is 0. The zero-order chi connectivity index (χ0) is 14.9. The lowest BCUT2D eigenvalue weighted by atomic mass is 9.97. The summed E-state index contributed by atoms with van der Waals surface area (Å²) >= 11 is 0. The van der Waals surface area contributed by atoms with Crippen molar-refractivity contribution in [1.29, 1.82) is 0 Å². The van der Waals surface area contributed by atoms with Crippen LogP contribution in [0, 0.1) is 13.8 Å². The Bertz CT molecular complexity index is 590. The Labute approximate surface area is 118 Å². The Balaban J connectivity index is 2.87. The molecule has 106 valence electrons. The van der Waals surface area contributed by atoms with Gasteiger partial charge in [-0.05, 0) is 37.1 Å². The topological polar surface area (TPSA) is 58.9 Å². The third kappa shape index (κ3) is 2.13. The van der Waals surface area contributed by atoms with Crippen LogP contribution >= 0.6 is 0 Å². The molecule has 0 saturated carbocycles. The van der Waals surface area contributed by atoms with Gasteiger partial charge >= 0.3 is 0 Å². The summed E-state index contributed by atoms with van der Waals surface area (Å²) < 4.78 is 10.6. The average molecular weight is 274 g/mol. The number of benzene rings is 2. The van der Waals surface area contributed by atoms with Crippen molar-refractivity contribution in [3.63, 3.8) is 0 Å². The Morgan fingerprint density at radius 3 is 1.35 bits per heavy atom. The lowest BCUT2D eigenvalue weighted by Crippen LogP contribution is -1.95. The maximum atomic E-state index is 10.4. The van der Waals surface area contributed by atoms with E-state index in [9.17, 15) is 10.2 Å². The molecular formula is C16H18O4. The Morgan fingerprint density at radius 2 is 1.05 bits per heavy atom. The van der Waals surface area contributed by atoms with Gasteiger partial charge in [0.1, 0.15) is 23.0 Å². The predicted octanol–water partition coefficient (Wildman–Crippen LogP) is 3.40. The molecule has 4 heteroatoms. The van der Waals surface area contributed by atoms with Gasteiger partial charge < -0.3 is 19.7 Å². The first kappa shape index (κ1) is 14.1. The van der Waals surface area contributed by atoms with Gasteiger partial charge in [-0.15, -0.1) is 0 Å². The second-order valence-corrected chi connectivity index (χ2v) is 4.62. The molecule has 0 amide bonds. The molecule has 0 heterocycles. The second kappa shape index (κ2) is 5.33. The van der Waals surface area contributed by atoms with E-state index in [1.54, 1.807) is 38.1 Å². The molecule has 20 heavy (non-hydrogen) atoms. The number of hydrogen-bond donors (Lipinski definition) is 2. The van der Waals surface area contributed by atoms with E-state index < -0.39 is 0 Å². The molecule has 0 unspecified atom stereocenters. The van der Waals surface area contributed by atoms with Crippen molar-refractivity contribution in [3.05, 3.63) is 35.4 Å². The summed E-state index contributed by atoms with van der Waals surface area (Å²) in [6.45, 7) is 3.58. The van der Waals surface area contributed by atoms with Crippen molar-refractivity contribution in [2.75, 3.05) is 14.2 Å². The SMILES string of the molecule is COc1ccc(C)c(O)c1-c1c(OC)ccc(C)c1O. The molecule has 4 nitrogen and oxygen atoms in total. The molecule has 2 rings (SSSR count). The summed E-state index contributed by atoms with van der Waals surface area (Å²) in [5.74, 6) is 1.10. The largest absolute Gasteiger partial charge is 0.507 e. The number of aromatic hydroxyl groups is 2. The molecule has 0 aliphatic heterocycles. The third-order valence-electron chi connectivity index (χ3n) is 3.37. The van der Waals surface area contributed by atoms with Crippen LogP contribution in [-0.2, 0) is 0 Å². The van der Waals surface area contributed by atoms with Gasteiger partial charge in [-0.25, -0.2) is 0 Å². The number of hydrogen-bond acceptors (Lipinski definition) is 4. The third-order valence-corrected chi connectivity index (χ3v) is 3.37. The van der Waals surface area contributed by atoms with E-state index in [0.717, 1.165) is 0 Å². The molecule has 0 aliphatic carbocycles. The number of methoxy groups -OCH3 is 2. The Kier molecular flexibility index (Phi) is 3.74. The van der Waals surface area contributed by atoms with Crippen LogP contribution in [0.15, 0.2) is 24.3 Å². The van der Waals surface area contributed by atoms with Crippen LogP contribution in [0.4, 0.5) is 0 Å². The summed E-state index contributed by atoms with van der Waals surface area (Å²) in [5, 5.41) is 20.7. The quantitative estimate of drug-likeness (QED) is 0.900. The van der Waals surface area contributed by atoms with Gasteiger partial charge in [0, 0.05) is 0 Å². The first-order valence-electron chi connectivity index (χ1n) is 6.24. The molecule has 0 fully saturated rings. The van der Waals surface area contributed by atoms with Crippen LogP contribution in [0.5, 0.6) is 23.0 Å². The van der Waals surface area contributed by atoms with E-state index in [1.807, 2.05) is 0 Å². The van der Waals surface area contributed by atoms with Crippen molar-refractivity contribution in [2.45, 2.75) is 13.8 Å². The van der Waals surface area contributed by atoms with Crippen molar-refractivity contribution in [2.24, 2.45) is 0 Å². The van der Waals surface area contributed by atoms with Gasteiger partial charge in [0.15, 0.2) is 0 Å². The minimum atomic E-state index is 0.0727. The van der Waals surface area contributed by atoms with Crippen LogP contribution < -0.4 is 9.47 Å². The highest BCUT2D eigenvalue weighted by Gasteiger charge is 2.21. The molecular weight excluding hydrogens is 256 g/mol. The van der Waals surface area contributed by atoms with Crippen LogP contribution in [0.3, 0.4) is 0 Å². The van der Waals surface area contributed by atoms with E-state index in [1.165, 1.54) is 14.2 Å². The molecule has 0 radical (unpaired) electrons. The van der Waals surface area contributed by atoms with Crippen molar-refractivity contribution in [3.8, 4) is 34.1 Å². The highest BCUT2D eigenvalue weighted by atomic mass is 16.5. The van der Waals surface area contributed by atoms with Crippen LogP contribution in [-0.4, -0.2) is 24.4 Å². The highest BCUT2D eigenvalue weighted by molar-refractivity contribution is 5.86. The van der Waals surface area contributed by atoms with Crippen LogP contribution in [0.2, 0.25) is 0 Å². The fourth-order valence-corrected chi connectivity index (χ4v) is 2.18. The van der Waals surface area contributed by atoms with Crippen molar-refractivity contribution < 1.29 is 19.7 Å². The maximum absolute atomic E-state index is 10.4. The van der Waals surface area contributed by atoms with E-state index in [4.69, 9.17) is 9.47 Å². The summed E-state index contributed by atoms with van der Waals surface area (Å²) in [5.41, 5.74) is 2.27. The van der Waals surface area contributed by atoms with Crippen molar-refractivity contribution >= 4 is 0 Å². The molecule has 0 bridgehead atoms. The molecule has 0 aromatic heterocycles. The minimum Gasteiger partial charge on any atom is -0.507 e. The Hall–Kier alpha value is -2.36. The summed E-state index contributed by atoms with van der Waals surface area (Å²) in [7, 11) is 3.04. The normalized spacial score (nSPS) is 10.4. The number of phenolic OH excluding ortho intramolecular Hbond substituents is 2. The molecule has 2 aromatic rings. The summed E-state index contributed by atoms with van der Waals surface area (Å²) in [6, 6.07) is 7.03. The monoisotopic (exact) mass is 274 g/mol. The standard InChI is InChI=1S/C16H18O4/c1-9-5-7-11(19-3)13(15(9)17)14-12(20-4)8-6-10(2)16(14)18/h5-8,17-18H,1-4H3. The van der Waals surface area contributed by atoms with E-state index in [0.29, 0.717) is 33.8 Å². The molecule has 2 aromatic carbocycles. The zero-order valence-corrected chi connectivity index (χ0v) is 12.0. The minimum absolute atomic E-state index is 0.0727.